The van der Waals surface area contributed by atoms with Crippen LogP contribution in [0.2, 0.25) is 0 Å². The van der Waals surface area contributed by atoms with Crippen molar-refractivity contribution in [3.05, 3.63) is 0 Å². The summed E-state index contributed by atoms with van der Waals surface area (Å²) in [6.45, 7) is -0.862. The van der Waals surface area contributed by atoms with Crippen molar-refractivity contribution in [1.29, 1.82) is 0 Å². The molecule has 8 atom stereocenters. The van der Waals surface area contributed by atoms with E-state index in [0.717, 1.165) is 12.8 Å². The number of hydrogen-bond acceptors (Lipinski definition) is 8. The van der Waals surface area contributed by atoms with Crippen LogP contribution < -0.4 is 26.6 Å². The lowest BCUT2D eigenvalue weighted by molar-refractivity contribution is -0.199. The molecule has 9 nitrogen and oxygen atoms in total. The molecule has 234 valence electrons. The third-order valence-electron chi connectivity index (χ3n) is 8.12. The number of nitrogens with zero attached hydrogens (tertiary/aromatic N) is 1. The molecule has 0 amide bonds. The summed E-state index contributed by atoms with van der Waals surface area (Å²) in [6.07, 6.45) is -6.77. The van der Waals surface area contributed by atoms with E-state index in [-0.39, 0.29) is 23.7 Å². The van der Waals surface area contributed by atoms with E-state index in [1.165, 1.54) is 4.31 Å². The molecule has 0 radical (unpaired) electrons. The molecule has 4 fully saturated rings. The number of sulfonamides is 1. The summed E-state index contributed by atoms with van der Waals surface area (Å²) in [5.41, 5.74) is 0. The van der Waals surface area contributed by atoms with Crippen molar-refractivity contribution in [2.45, 2.75) is 118 Å². The van der Waals surface area contributed by atoms with Gasteiger partial charge in [-0.05, 0) is 51.4 Å². The zero-order chi connectivity index (χ0) is 29.1. The summed E-state index contributed by atoms with van der Waals surface area (Å²) in [5.74, 6) is -1.43. The number of hydrogen-bond donors (Lipinski definition) is 5. The minimum absolute atomic E-state index is 0.0577. The second-order valence-corrected chi connectivity index (χ2v) is 14.7. The van der Waals surface area contributed by atoms with Gasteiger partial charge in [0.2, 0.25) is 0 Å². The van der Waals surface area contributed by atoms with E-state index >= 15 is 0 Å². The molecule has 5 N–H and O–H groups in total. The molecule has 2 saturated carbocycles. The van der Waals surface area contributed by atoms with Crippen molar-refractivity contribution in [2.75, 3.05) is 19.7 Å². The predicted octanol–water partition coefficient (Wildman–Crippen LogP) is 3.21. The average molecular weight is 674 g/mol. The highest BCUT2D eigenvalue weighted by Gasteiger charge is 2.44. The second kappa shape index (κ2) is 13.7. The minimum Gasteiger partial charge on any atom is -0.597 e. The number of halogens is 7. The van der Waals surface area contributed by atoms with Crippen LogP contribution in [0.3, 0.4) is 0 Å². The van der Waals surface area contributed by atoms with Gasteiger partial charge in [0.15, 0.2) is 6.35 Å². The molecule has 2 aliphatic carbocycles. The molecule has 4 aliphatic rings. The maximum atomic E-state index is 13.3. The van der Waals surface area contributed by atoms with Crippen LogP contribution >= 0.6 is 15.9 Å². The molecule has 2 saturated heterocycles. The fourth-order valence-electron chi connectivity index (χ4n) is 6.04. The predicted molar refractivity (Wildman–Crippen MR) is 139 cm³/mol. The van der Waals surface area contributed by atoms with Crippen molar-refractivity contribution in [3.63, 3.8) is 0 Å². The molecule has 0 bridgehead atoms. The topological polar surface area (TPSA) is 113 Å². The third kappa shape index (κ3) is 9.44. The first kappa shape index (κ1) is 32.8. The van der Waals surface area contributed by atoms with Crippen molar-refractivity contribution >= 4 is 26.3 Å². The van der Waals surface area contributed by atoms with Gasteiger partial charge >= 0.3 is 12.4 Å². The fourth-order valence-corrected chi connectivity index (χ4v) is 9.14. The Hall–Kier alpha value is -0.110. The lowest BCUT2D eigenvalue weighted by atomic mass is 9.85. The molecule has 0 aromatic rings. The van der Waals surface area contributed by atoms with Crippen LogP contribution in [-0.2, 0) is 19.3 Å². The quantitative estimate of drug-likeness (QED) is 0.152. The van der Waals surface area contributed by atoms with E-state index in [9.17, 15) is 35.1 Å². The largest absolute Gasteiger partial charge is 0.597 e. The summed E-state index contributed by atoms with van der Waals surface area (Å²) in [6, 6.07) is -0.627. The fraction of sp³-hybridized carbons (Fsp3) is 1.00. The third-order valence-corrected chi connectivity index (χ3v) is 11.3. The maximum Gasteiger partial charge on any atom is 0.411 e. The van der Waals surface area contributed by atoms with Gasteiger partial charge in [-0.15, -0.1) is 4.31 Å². The van der Waals surface area contributed by atoms with Crippen molar-refractivity contribution < 1.29 is 39.8 Å². The zero-order valence-corrected chi connectivity index (χ0v) is 24.4. The van der Waals surface area contributed by atoms with Gasteiger partial charge in [0.05, 0.1) is 5.92 Å². The van der Waals surface area contributed by atoms with Crippen molar-refractivity contribution in [1.82, 2.24) is 30.9 Å². The molecular weight excluding hydrogens is 634 g/mol. The Kier molecular flexibility index (Phi) is 11.2. The highest BCUT2D eigenvalue weighted by Crippen LogP contribution is 2.38. The average Bonchev–Trinajstić information content (AvgIpc) is 2.87. The number of ether oxygens (including phenoxy) is 1. The van der Waals surface area contributed by atoms with Crippen molar-refractivity contribution in [2.24, 2.45) is 5.92 Å². The van der Waals surface area contributed by atoms with Gasteiger partial charge < -0.3 is 9.29 Å². The molecule has 8 unspecified atom stereocenters. The van der Waals surface area contributed by atoms with Crippen LogP contribution in [0.25, 0.3) is 0 Å². The summed E-state index contributed by atoms with van der Waals surface area (Å²) in [5, 5.41) is 14.7. The molecule has 40 heavy (non-hydrogen) atoms. The van der Waals surface area contributed by atoms with Crippen LogP contribution in [0.4, 0.5) is 26.3 Å². The SMILES string of the molecule is O=[S+]([O-])(C1CCCC(Br)C1)N1CCC(NC2NC(NC3CCCC(C(F)(F)F)C3)NC(OCC(F)(F)F)N2)CC1. The zero-order valence-electron chi connectivity index (χ0n) is 22.0. The van der Waals surface area contributed by atoms with Crippen LogP contribution in [0.5, 0.6) is 0 Å². The molecule has 0 aromatic heterocycles. The van der Waals surface area contributed by atoms with E-state index in [0.29, 0.717) is 51.6 Å². The normalized spacial score (nSPS) is 37.2. The van der Waals surface area contributed by atoms with Crippen LogP contribution in [0, 0.1) is 5.92 Å². The highest BCUT2D eigenvalue weighted by molar-refractivity contribution is 9.09. The minimum atomic E-state index is -4.56. The van der Waals surface area contributed by atoms with Gasteiger partial charge in [-0.25, -0.2) is 0 Å². The molecule has 2 heterocycles. The molecule has 0 spiro atoms. The standard InChI is InChI=1S/C23H39BrF6N6O3S/c24-15-4-2-6-18(12-15)40(37,38)36-9-7-16(8-10-36)31-19-33-20(35-21(34-19)39-13-22(25,26)27)32-17-5-1-3-14(11-17)23(28,29)30/h14-21,31-35H,1-13H2. The molecular formula is C23H39BrF6N6O3S. The van der Waals surface area contributed by atoms with Gasteiger partial charge in [0.1, 0.15) is 34.8 Å². The van der Waals surface area contributed by atoms with Gasteiger partial charge in [-0.3, -0.25) is 26.6 Å². The van der Waals surface area contributed by atoms with Gasteiger partial charge in [0.25, 0.3) is 0 Å². The van der Waals surface area contributed by atoms with E-state index in [1.54, 1.807) is 0 Å². The molecule has 2 aliphatic heterocycles. The molecule has 4 rings (SSSR count). The summed E-state index contributed by atoms with van der Waals surface area (Å²) < 4.78 is 111. The Balaban J connectivity index is 1.32. The summed E-state index contributed by atoms with van der Waals surface area (Å²) in [4.78, 5) is 0.194. The Morgan fingerprint density at radius 1 is 0.875 bits per heavy atom. The highest BCUT2D eigenvalue weighted by atomic mass is 79.9. The monoisotopic (exact) mass is 672 g/mol. The Bertz CT molecular complexity index is 868. The van der Waals surface area contributed by atoms with Crippen LogP contribution in [-0.4, -0.2) is 82.0 Å². The summed E-state index contributed by atoms with van der Waals surface area (Å²) >= 11 is 3.54. The lowest BCUT2D eigenvalue weighted by Crippen LogP contribution is -2.76. The van der Waals surface area contributed by atoms with E-state index in [2.05, 4.69) is 42.5 Å². The first-order chi connectivity index (χ1) is 18.7. The second-order valence-electron chi connectivity index (χ2n) is 11.2. The van der Waals surface area contributed by atoms with E-state index in [4.69, 9.17) is 4.74 Å². The first-order valence-electron chi connectivity index (χ1n) is 13.9. The number of rotatable bonds is 8. The van der Waals surface area contributed by atoms with Gasteiger partial charge in [-0.1, -0.05) is 26.6 Å². The van der Waals surface area contributed by atoms with Crippen LogP contribution in [0.1, 0.15) is 64.2 Å². The van der Waals surface area contributed by atoms with Crippen molar-refractivity contribution in [3.8, 4) is 0 Å². The number of nitrogens with one attached hydrogen (secondary N) is 5. The smallest absolute Gasteiger partial charge is 0.411 e. The number of piperidine rings is 1. The van der Waals surface area contributed by atoms with Gasteiger partial charge in [0, 0.05) is 36.4 Å². The Labute approximate surface area is 240 Å². The van der Waals surface area contributed by atoms with Crippen LogP contribution in [0.15, 0.2) is 0 Å². The Morgan fingerprint density at radius 3 is 2.10 bits per heavy atom. The van der Waals surface area contributed by atoms with E-state index in [1.807, 2.05) is 0 Å². The summed E-state index contributed by atoms with van der Waals surface area (Å²) in [7, 11) is -3.43. The number of alkyl halides is 7. The Morgan fingerprint density at radius 2 is 1.50 bits per heavy atom. The molecule has 17 heteroatoms. The van der Waals surface area contributed by atoms with Gasteiger partial charge in [-0.2, -0.15) is 26.3 Å². The first-order valence-corrected chi connectivity index (χ1v) is 16.3. The lowest BCUT2D eigenvalue weighted by Gasteiger charge is -2.44. The van der Waals surface area contributed by atoms with E-state index < -0.39 is 65.5 Å². The molecule has 0 aromatic carbocycles. The maximum absolute atomic E-state index is 13.3.